The van der Waals surface area contributed by atoms with E-state index in [4.69, 9.17) is 10.5 Å². The maximum absolute atomic E-state index is 9.42. The molecule has 1 aromatic rings. The molecule has 118 valence electrons. The van der Waals surface area contributed by atoms with Crippen LogP contribution in [0.15, 0.2) is 18.2 Å². The van der Waals surface area contributed by atoms with Crippen LogP contribution in [-0.2, 0) is 0 Å². The third kappa shape index (κ3) is 4.03. The molecule has 0 spiro atoms. The van der Waals surface area contributed by atoms with Gasteiger partial charge in [0, 0.05) is 12.6 Å². The number of rotatable bonds is 6. The summed E-state index contributed by atoms with van der Waals surface area (Å²) in [4.78, 5) is 2.27. The second-order valence-electron chi connectivity index (χ2n) is 6.06. The third-order valence-corrected chi connectivity index (χ3v) is 4.07. The van der Waals surface area contributed by atoms with Gasteiger partial charge in [0.05, 0.1) is 24.1 Å². The molecule has 21 heavy (non-hydrogen) atoms. The standard InChI is InChI=1S/C17H28N2O2/c1-13(2)21-16-10-6-9-15(17(16)18)19(11-12-20)14-7-4-3-5-8-14/h6,9-10,13-14,20H,3-5,7-8,11-12,18H2,1-2H3. The Hall–Kier alpha value is -1.42. The van der Waals surface area contributed by atoms with Crippen LogP contribution in [0.1, 0.15) is 46.0 Å². The second-order valence-corrected chi connectivity index (χ2v) is 6.06. The average molecular weight is 292 g/mol. The number of hydrogen-bond acceptors (Lipinski definition) is 4. The van der Waals surface area contributed by atoms with Crippen molar-refractivity contribution in [3.63, 3.8) is 0 Å². The minimum absolute atomic E-state index is 0.100. The molecule has 2 rings (SSSR count). The fourth-order valence-corrected chi connectivity index (χ4v) is 3.14. The summed E-state index contributed by atoms with van der Waals surface area (Å²) in [6, 6.07) is 6.41. The number of anilines is 2. The zero-order chi connectivity index (χ0) is 15.2. The van der Waals surface area contributed by atoms with Crippen molar-refractivity contribution in [1.29, 1.82) is 0 Å². The molecule has 0 atom stereocenters. The number of para-hydroxylation sites is 1. The fourth-order valence-electron chi connectivity index (χ4n) is 3.14. The Balaban J connectivity index is 2.26. The number of nitrogen functional groups attached to an aromatic ring is 1. The molecule has 0 bridgehead atoms. The molecular formula is C17H28N2O2. The van der Waals surface area contributed by atoms with Crippen molar-refractivity contribution in [2.75, 3.05) is 23.8 Å². The molecule has 0 aromatic heterocycles. The molecule has 1 fully saturated rings. The zero-order valence-electron chi connectivity index (χ0n) is 13.2. The number of ether oxygens (including phenoxy) is 1. The molecule has 3 N–H and O–H groups in total. The highest BCUT2D eigenvalue weighted by atomic mass is 16.5. The highest BCUT2D eigenvalue weighted by Gasteiger charge is 2.23. The van der Waals surface area contributed by atoms with Crippen molar-refractivity contribution >= 4 is 11.4 Å². The van der Waals surface area contributed by atoms with Crippen LogP contribution in [0.25, 0.3) is 0 Å². The van der Waals surface area contributed by atoms with Gasteiger partial charge < -0.3 is 20.5 Å². The molecule has 4 nitrogen and oxygen atoms in total. The summed E-state index contributed by atoms with van der Waals surface area (Å²) >= 11 is 0. The molecule has 1 aliphatic carbocycles. The number of aliphatic hydroxyl groups is 1. The number of aliphatic hydroxyl groups excluding tert-OH is 1. The van der Waals surface area contributed by atoms with Crippen molar-refractivity contribution in [3.8, 4) is 5.75 Å². The first-order chi connectivity index (χ1) is 10.1. The molecule has 0 heterocycles. The van der Waals surface area contributed by atoms with Gasteiger partial charge in [-0.2, -0.15) is 0 Å². The van der Waals surface area contributed by atoms with Crippen LogP contribution in [-0.4, -0.2) is 30.4 Å². The van der Waals surface area contributed by atoms with Crippen LogP contribution in [0, 0.1) is 0 Å². The lowest BCUT2D eigenvalue weighted by atomic mass is 9.93. The summed E-state index contributed by atoms with van der Waals surface area (Å²) in [5, 5.41) is 9.42. The molecule has 0 amide bonds. The first-order valence-electron chi connectivity index (χ1n) is 8.06. The van der Waals surface area contributed by atoms with E-state index < -0.39 is 0 Å². The SMILES string of the molecule is CC(C)Oc1cccc(N(CCO)C2CCCCC2)c1N. The van der Waals surface area contributed by atoms with Gasteiger partial charge in [-0.05, 0) is 38.8 Å². The third-order valence-electron chi connectivity index (χ3n) is 4.07. The summed E-state index contributed by atoms with van der Waals surface area (Å²) in [7, 11) is 0. The van der Waals surface area contributed by atoms with Crippen LogP contribution in [0.5, 0.6) is 5.75 Å². The van der Waals surface area contributed by atoms with Crippen molar-refractivity contribution in [3.05, 3.63) is 18.2 Å². The van der Waals surface area contributed by atoms with Gasteiger partial charge in [0.2, 0.25) is 0 Å². The first-order valence-corrected chi connectivity index (χ1v) is 8.06. The quantitative estimate of drug-likeness (QED) is 0.791. The Morgan fingerprint density at radius 1 is 1.29 bits per heavy atom. The minimum Gasteiger partial charge on any atom is -0.489 e. The lowest BCUT2D eigenvalue weighted by Gasteiger charge is -2.36. The lowest BCUT2D eigenvalue weighted by Crippen LogP contribution is -2.39. The molecule has 0 unspecified atom stereocenters. The maximum Gasteiger partial charge on any atom is 0.144 e. The second kappa shape index (κ2) is 7.55. The lowest BCUT2D eigenvalue weighted by molar-refractivity contribution is 0.243. The molecular weight excluding hydrogens is 264 g/mol. The Labute approximate surface area is 127 Å². The van der Waals surface area contributed by atoms with E-state index in [0.717, 1.165) is 11.4 Å². The van der Waals surface area contributed by atoms with Crippen LogP contribution < -0.4 is 15.4 Å². The summed E-state index contributed by atoms with van der Waals surface area (Å²) < 4.78 is 5.79. The molecule has 1 saturated carbocycles. The largest absolute Gasteiger partial charge is 0.489 e. The van der Waals surface area contributed by atoms with Gasteiger partial charge in [0.15, 0.2) is 0 Å². The zero-order valence-corrected chi connectivity index (χ0v) is 13.2. The van der Waals surface area contributed by atoms with E-state index in [0.29, 0.717) is 18.3 Å². The first kappa shape index (κ1) is 16.0. The minimum atomic E-state index is 0.100. The van der Waals surface area contributed by atoms with Gasteiger partial charge in [0.25, 0.3) is 0 Å². The summed E-state index contributed by atoms with van der Waals surface area (Å²) in [6.45, 7) is 4.77. The van der Waals surface area contributed by atoms with Crippen LogP contribution in [0.3, 0.4) is 0 Å². The van der Waals surface area contributed by atoms with E-state index in [2.05, 4.69) is 4.90 Å². The Morgan fingerprint density at radius 2 is 2.00 bits per heavy atom. The number of hydrogen-bond donors (Lipinski definition) is 2. The number of nitrogens with two attached hydrogens (primary N) is 1. The van der Waals surface area contributed by atoms with E-state index in [1.807, 2.05) is 32.0 Å². The summed E-state index contributed by atoms with van der Waals surface area (Å²) in [6.07, 6.45) is 6.28. The van der Waals surface area contributed by atoms with Gasteiger partial charge >= 0.3 is 0 Å². The van der Waals surface area contributed by atoms with E-state index in [9.17, 15) is 5.11 Å². The normalized spacial score (nSPS) is 16.2. The highest BCUT2D eigenvalue weighted by Crippen LogP contribution is 2.36. The van der Waals surface area contributed by atoms with E-state index in [-0.39, 0.29) is 12.7 Å². The Kier molecular flexibility index (Phi) is 5.74. The predicted molar refractivity (Wildman–Crippen MR) is 87.9 cm³/mol. The van der Waals surface area contributed by atoms with Crippen LogP contribution >= 0.6 is 0 Å². The van der Waals surface area contributed by atoms with E-state index in [1.165, 1.54) is 32.1 Å². The number of nitrogens with zero attached hydrogens (tertiary/aromatic N) is 1. The molecule has 1 aromatic carbocycles. The Morgan fingerprint density at radius 3 is 2.62 bits per heavy atom. The summed E-state index contributed by atoms with van der Waals surface area (Å²) in [5.74, 6) is 0.737. The van der Waals surface area contributed by atoms with Gasteiger partial charge in [-0.15, -0.1) is 0 Å². The average Bonchev–Trinajstić information content (AvgIpc) is 2.48. The highest BCUT2D eigenvalue weighted by molar-refractivity contribution is 5.74. The van der Waals surface area contributed by atoms with Crippen molar-refractivity contribution in [1.82, 2.24) is 0 Å². The van der Waals surface area contributed by atoms with Gasteiger partial charge in [0.1, 0.15) is 5.75 Å². The Bertz CT molecular complexity index is 442. The molecule has 0 radical (unpaired) electrons. The van der Waals surface area contributed by atoms with Gasteiger partial charge in [-0.1, -0.05) is 25.3 Å². The van der Waals surface area contributed by atoms with Crippen molar-refractivity contribution in [2.45, 2.75) is 58.1 Å². The maximum atomic E-state index is 9.42. The van der Waals surface area contributed by atoms with Crippen LogP contribution in [0.2, 0.25) is 0 Å². The number of benzene rings is 1. The van der Waals surface area contributed by atoms with Crippen molar-refractivity contribution in [2.24, 2.45) is 0 Å². The molecule has 4 heteroatoms. The molecule has 1 aliphatic rings. The smallest absolute Gasteiger partial charge is 0.144 e. The van der Waals surface area contributed by atoms with Crippen LogP contribution in [0.4, 0.5) is 11.4 Å². The monoisotopic (exact) mass is 292 g/mol. The topological polar surface area (TPSA) is 58.7 Å². The fraction of sp³-hybridized carbons (Fsp3) is 0.647. The molecule has 0 saturated heterocycles. The van der Waals surface area contributed by atoms with E-state index in [1.54, 1.807) is 0 Å². The molecule has 0 aliphatic heterocycles. The van der Waals surface area contributed by atoms with Crippen molar-refractivity contribution < 1.29 is 9.84 Å². The predicted octanol–water partition coefficient (Wildman–Crippen LogP) is 3.19. The van der Waals surface area contributed by atoms with Gasteiger partial charge in [-0.25, -0.2) is 0 Å². The van der Waals surface area contributed by atoms with E-state index >= 15 is 0 Å². The van der Waals surface area contributed by atoms with Gasteiger partial charge in [-0.3, -0.25) is 0 Å². The summed E-state index contributed by atoms with van der Waals surface area (Å²) in [5.41, 5.74) is 8.00.